The first-order valence-corrected chi connectivity index (χ1v) is 5.23. The second-order valence-corrected chi connectivity index (χ2v) is 3.67. The lowest BCUT2D eigenvalue weighted by molar-refractivity contribution is 0.0988. The van der Waals surface area contributed by atoms with Gasteiger partial charge in [-0.1, -0.05) is 18.2 Å². The first-order valence-electron chi connectivity index (χ1n) is 5.23. The van der Waals surface area contributed by atoms with Crippen molar-refractivity contribution in [3.05, 3.63) is 54.4 Å². The lowest BCUT2D eigenvalue weighted by Gasteiger charge is -2.16. The molecule has 0 aliphatic rings. The number of hydrogen-bond acceptors (Lipinski definition) is 3. The van der Waals surface area contributed by atoms with Crippen LogP contribution in [-0.2, 0) is 0 Å². The largest absolute Gasteiger partial charge is 0.399 e. The molecule has 0 saturated carbocycles. The second kappa shape index (κ2) is 4.65. The summed E-state index contributed by atoms with van der Waals surface area (Å²) in [5.74, 6) is -0.177. The summed E-state index contributed by atoms with van der Waals surface area (Å²) in [6.45, 7) is 0. The van der Waals surface area contributed by atoms with Crippen molar-refractivity contribution < 1.29 is 4.79 Å². The zero-order chi connectivity index (χ0) is 12.3. The molecule has 0 saturated heterocycles. The second-order valence-electron chi connectivity index (χ2n) is 3.67. The summed E-state index contributed by atoms with van der Waals surface area (Å²) in [4.78, 5) is 17.7. The van der Waals surface area contributed by atoms with Gasteiger partial charge in [-0.3, -0.25) is 9.78 Å². The number of nitrogens with zero attached hydrogens (tertiary/aromatic N) is 2. The summed E-state index contributed by atoms with van der Waals surface area (Å²) >= 11 is 0. The van der Waals surface area contributed by atoms with Crippen molar-refractivity contribution in [3.63, 3.8) is 0 Å². The highest BCUT2D eigenvalue weighted by molar-refractivity contribution is 6.04. The van der Waals surface area contributed by atoms with Crippen LogP contribution >= 0.6 is 0 Å². The monoisotopic (exact) mass is 227 g/mol. The molecule has 0 aliphatic carbocycles. The first-order chi connectivity index (χ1) is 8.18. The Morgan fingerprint density at radius 3 is 2.59 bits per heavy atom. The number of rotatable bonds is 2. The predicted octanol–water partition coefficient (Wildman–Crippen LogP) is 1.94. The molecule has 2 rings (SSSR count). The molecule has 0 unspecified atom stereocenters. The van der Waals surface area contributed by atoms with Crippen molar-refractivity contribution in [1.29, 1.82) is 0 Å². The molecule has 0 radical (unpaired) electrons. The van der Waals surface area contributed by atoms with E-state index in [0.29, 0.717) is 11.4 Å². The van der Waals surface area contributed by atoms with Crippen LogP contribution in [-0.4, -0.2) is 17.9 Å². The molecule has 0 fully saturated rings. The average Bonchev–Trinajstić information content (AvgIpc) is 2.38. The third-order valence-corrected chi connectivity index (χ3v) is 2.45. The highest BCUT2D eigenvalue weighted by atomic mass is 16.2. The smallest absolute Gasteiger partial charge is 0.276 e. The van der Waals surface area contributed by atoms with E-state index in [9.17, 15) is 4.79 Å². The van der Waals surface area contributed by atoms with Crippen molar-refractivity contribution >= 4 is 17.3 Å². The molecule has 0 spiro atoms. The van der Waals surface area contributed by atoms with Gasteiger partial charge in [-0.05, 0) is 24.3 Å². The average molecular weight is 227 g/mol. The molecule has 1 amide bonds. The Balaban J connectivity index is 2.27. The van der Waals surface area contributed by atoms with Crippen LogP contribution in [0.25, 0.3) is 0 Å². The fourth-order valence-electron chi connectivity index (χ4n) is 1.50. The number of hydrogen-bond donors (Lipinski definition) is 1. The standard InChI is InChI=1S/C13H13N3O/c1-16(11-5-3-2-4-6-11)13(17)12-9-10(14)7-8-15-12/h2-9H,1H3,(H2,14,15). The van der Waals surface area contributed by atoms with Crippen molar-refractivity contribution in [3.8, 4) is 0 Å². The molecule has 4 heteroatoms. The lowest BCUT2D eigenvalue weighted by Crippen LogP contribution is -2.27. The zero-order valence-corrected chi connectivity index (χ0v) is 9.50. The fourth-order valence-corrected chi connectivity index (χ4v) is 1.50. The molecule has 1 aromatic heterocycles. The predicted molar refractivity (Wildman–Crippen MR) is 67.8 cm³/mol. The van der Waals surface area contributed by atoms with Crippen LogP contribution in [0.15, 0.2) is 48.7 Å². The summed E-state index contributed by atoms with van der Waals surface area (Å²) in [5, 5.41) is 0. The Morgan fingerprint density at radius 2 is 1.94 bits per heavy atom. The van der Waals surface area contributed by atoms with Crippen LogP contribution < -0.4 is 10.6 Å². The van der Waals surface area contributed by atoms with Crippen LogP contribution in [0.2, 0.25) is 0 Å². The van der Waals surface area contributed by atoms with Crippen molar-refractivity contribution in [2.75, 3.05) is 17.7 Å². The fraction of sp³-hybridized carbons (Fsp3) is 0.0769. The summed E-state index contributed by atoms with van der Waals surface area (Å²) in [6.07, 6.45) is 1.53. The van der Waals surface area contributed by atoms with Crippen LogP contribution in [0.4, 0.5) is 11.4 Å². The van der Waals surface area contributed by atoms with E-state index in [1.54, 1.807) is 24.1 Å². The van der Waals surface area contributed by atoms with Gasteiger partial charge in [0.25, 0.3) is 5.91 Å². The quantitative estimate of drug-likeness (QED) is 0.852. The normalized spacial score (nSPS) is 9.94. The number of carbonyl (C=O) groups excluding carboxylic acids is 1. The molecule has 1 heterocycles. The van der Waals surface area contributed by atoms with Crippen molar-refractivity contribution in [1.82, 2.24) is 4.98 Å². The zero-order valence-electron chi connectivity index (χ0n) is 9.50. The van der Waals surface area contributed by atoms with E-state index in [-0.39, 0.29) is 5.91 Å². The number of pyridine rings is 1. The van der Waals surface area contributed by atoms with E-state index in [2.05, 4.69) is 4.98 Å². The van der Waals surface area contributed by atoms with Crippen LogP contribution in [0.3, 0.4) is 0 Å². The number of benzene rings is 1. The molecule has 0 atom stereocenters. The molecule has 1 aromatic carbocycles. The lowest BCUT2D eigenvalue weighted by atomic mass is 10.2. The molecule has 2 aromatic rings. The summed E-state index contributed by atoms with van der Waals surface area (Å²) < 4.78 is 0. The maximum atomic E-state index is 12.1. The number of anilines is 2. The van der Waals surface area contributed by atoms with E-state index < -0.39 is 0 Å². The van der Waals surface area contributed by atoms with Gasteiger partial charge in [-0.25, -0.2) is 0 Å². The molecule has 4 nitrogen and oxygen atoms in total. The third kappa shape index (κ3) is 2.42. The highest BCUT2D eigenvalue weighted by Crippen LogP contribution is 2.14. The third-order valence-electron chi connectivity index (χ3n) is 2.45. The van der Waals surface area contributed by atoms with Crippen molar-refractivity contribution in [2.45, 2.75) is 0 Å². The minimum Gasteiger partial charge on any atom is -0.399 e. The Kier molecular flexibility index (Phi) is 3.05. The van der Waals surface area contributed by atoms with Crippen LogP contribution in [0, 0.1) is 0 Å². The molecule has 2 N–H and O–H groups in total. The topological polar surface area (TPSA) is 59.2 Å². The van der Waals surface area contributed by atoms with Gasteiger partial charge in [0.1, 0.15) is 5.69 Å². The number of amides is 1. The molecular formula is C13H13N3O. The van der Waals surface area contributed by atoms with Gasteiger partial charge in [0.2, 0.25) is 0 Å². The molecule has 17 heavy (non-hydrogen) atoms. The minimum absolute atomic E-state index is 0.177. The Labute approximate surface area is 99.7 Å². The van der Waals surface area contributed by atoms with E-state index >= 15 is 0 Å². The number of aromatic nitrogens is 1. The summed E-state index contributed by atoms with van der Waals surface area (Å²) in [5.41, 5.74) is 7.32. The van der Waals surface area contributed by atoms with Gasteiger partial charge in [0.05, 0.1) is 0 Å². The number of carbonyl (C=O) groups is 1. The van der Waals surface area contributed by atoms with Gasteiger partial charge in [-0.15, -0.1) is 0 Å². The van der Waals surface area contributed by atoms with E-state index in [1.807, 2.05) is 30.3 Å². The van der Waals surface area contributed by atoms with E-state index in [1.165, 1.54) is 6.20 Å². The van der Waals surface area contributed by atoms with Crippen molar-refractivity contribution in [2.24, 2.45) is 0 Å². The van der Waals surface area contributed by atoms with Gasteiger partial charge < -0.3 is 10.6 Å². The maximum Gasteiger partial charge on any atom is 0.276 e. The Morgan fingerprint density at radius 1 is 1.24 bits per heavy atom. The number of nitrogen functional groups attached to an aromatic ring is 1. The Hall–Kier alpha value is -2.36. The Bertz CT molecular complexity index is 525. The minimum atomic E-state index is -0.177. The maximum absolute atomic E-state index is 12.1. The van der Waals surface area contributed by atoms with Gasteiger partial charge >= 0.3 is 0 Å². The number of para-hydroxylation sites is 1. The summed E-state index contributed by atoms with van der Waals surface area (Å²) in [7, 11) is 1.71. The molecule has 86 valence electrons. The number of nitrogens with two attached hydrogens (primary N) is 1. The van der Waals surface area contributed by atoms with Crippen LogP contribution in [0.5, 0.6) is 0 Å². The van der Waals surface area contributed by atoms with Gasteiger partial charge in [0.15, 0.2) is 0 Å². The summed E-state index contributed by atoms with van der Waals surface area (Å²) in [6, 6.07) is 12.6. The van der Waals surface area contributed by atoms with Gasteiger partial charge in [0, 0.05) is 24.6 Å². The SMILES string of the molecule is CN(C(=O)c1cc(N)ccn1)c1ccccc1. The molecule has 0 aliphatic heterocycles. The van der Waals surface area contributed by atoms with E-state index in [4.69, 9.17) is 5.73 Å². The highest BCUT2D eigenvalue weighted by Gasteiger charge is 2.14. The van der Waals surface area contributed by atoms with Gasteiger partial charge in [-0.2, -0.15) is 0 Å². The first kappa shape index (κ1) is 11.1. The van der Waals surface area contributed by atoms with Crippen LogP contribution in [0.1, 0.15) is 10.5 Å². The molecule has 0 bridgehead atoms. The van der Waals surface area contributed by atoms with E-state index in [0.717, 1.165) is 5.69 Å². The molecular weight excluding hydrogens is 214 g/mol.